The molecule has 9 heteroatoms. The third-order valence-electron chi connectivity index (χ3n) is 11.5. The third-order valence-corrected chi connectivity index (χ3v) is 11.5. The molecule has 0 aromatic rings. The Morgan fingerprint density at radius 3 is 2.75 bits per heavy atom. The van der Waals surface area contributed by atoms with Crippen LogP contribution in [0, 0.1) is 35.5 Å². The highest BCUT2D eigenvalue weighted by molar-refractivity contribution is 5.78. The van der Waals surface area contributed by atoms with E-state index in [0.717, 1.165) is 63.7 Å². The Morgan fingerprint density at radius 2 is 2.00 bits per heavy atom. The van der Waals surface area contributed by atoms with Gasteiger partial charge in [0, 0.05) is 38.1 Å². The number of nitrogens with zero attached hydrogens (tertiary/aromatic N) is 1. The zero-order chi connectivity index (χ0) is 27.5. The molecular weight excluding hydrogens is 506 g/mol. The van der Waals surface area contributed by atoms with Gasteiger partial charge in [0.15, 0.2) is 0 Å². The van der Waals surface area contributed by atoms with Crippen molar-refractivity contribution >= 4 is 5.91 Å². The second kappa shape index (κ2) is 13.7. The van der Waals surface area contributed by atoms with Crippen molar-refractivity contribution in [1.82, 2.24) is 26.2 Å². The largest absolute Gasteiger partial charge is 0.390 e. The molecule has 3 heterocycles. The molecule has 3 aliphatic heterocycles. The van der Waals surface area contributed by atoms with Crippen LogP contribution in [-0.2, 0) is 14.3 Å². The van der Waals surface area contributed by atoms with Crippen molar-refractivity contribution in [3.8, 4) is 0 Å². The van der Waals surface area contributed by atoms with E-state index in [1.165, 1.54) is 38.5 Å². The molecule has 3 saturated carbocycles. The number of rotatable bonds is 11. The van der Waals surface area contributed by atoms with E-state index >= 15 is 0 Å². The van der Waals surface area contributed by atoms with Gasteiger partial charge < -0.3 is 30.1 Å². The number of aliphatic hydroxyl groups is 1. The predicted octanol–water partition coefficient (Wildman–Crippen LogP) is 1.66. The second-order valence-corrected chi connectivity index (χ2v) is 14.0. The molecule has 0 bridgehead atoms. The van der Waals surface area contributed by atoms with Gasteiger partial charge >= 0.3 is 0 Å². The Hall–Kier alpha value is -0.810. The normalized spacial score (nSPS) is 41.5. The highest BCUT2D eigenvalue weighted by Gasteiger charge is 2.42. The van der Waals surface area contributed by atoms with Gasteiger partial charge in [-0.15, -0.1) is 0 Å². The summed E-state index contributed by atoms with van der Waals surface area (Å²) < 4.78 is 12.0. The monoisotopic (exact) mass is 561 g/mol. The summed E-state index contributed by atoms with van der Waals surface area (Å²) in [4.78, 5) is 15.4. The molecule has 10 atom stereocenters. The van der Waals surface area contributed by atoms with E-state index in [1.807, 2.05) is 0 Å². The van der Waals surface area contributed by atoms with E-state index in [2.05, 4.69) is 33.1 Å². The zero-order valence-electron chi connectivity index (χ0n) is 24.7. The summed E-state index contributed by atoms with van der Waals surface area (Å²) in [7, 11) is 0. The fraction of sp³-hybridized carbons (Fsp3) is 0.968. The minimum atomic E-state index is -0.522. The van der Waals surface area contributed by atoms with Gasteiger partial charge in [0.25, 0.3) is 0 Å². The van der Waals surface area contributed by atoms with E-state index in [-0.39, 0.29) is 24.1 Å². The maximum absolute atomic E-state index is 13.0. The van der Waals surface area contributed by atoms with Crippen molar-refractivity contribution < 1.29 is 19.4 Å². The maximum Gasteiger partial charge on any atom is 0.223 e. The molecule has 0 aromatic carbocycles. The van der Waals surface area contributed by atoms with Crippen LogP contribution in [0.3, 0.4) is 0 Å². The molecule has 40 heavy (non-hydrogen) atoms. The fourth-order valence-corrected chi connectivity index (χ4v) is 8.67. The quantitative estimate of drug-likeness (QED) is 0.259. The fourth-order valence-electron chi connectivity index (χ4n) is 8.67. The van der Waals surface area contributed by atoms with Crippen LogP contribution in [0.2, 0.25) is 0 Å². The number of ether oxygens (including phenoxy) is 2. The van der Waals surface area contributed by atoms with Gasteiger partial charge in [0.05, 0.1) is 37.8 Å². The van der Waals surface area contributed by atoms with Crippen LogP contribution in [0.15, 0.2) is 0 Å². The number of hydrogen-bond acceptors (Lipinski definition) is 8. The van der Waals surface area contributed by atoms with Gasteiger partial charge in [-0.05, 0) is 87.6 Å². The SMILES string of the molecule is CC1C(OCC2CNCO2)CCC2CN(C[C@@H](O)CNC(=O)C3CCNC(NC4CCC4C4CCC4)C3)CCC21. The van der Waals surface area contributed by atoms with Crippen molar-refractivity contribution in [1.29, 1.82) is 0 Å². The summed E-state index contributed by atoms with van der Waals surface area (Å²) in [5.74, 6) is 3.87. The Bertz CT molecular complexity index is 824. The predicted molar refractivity (Wildman–Crippen MR) is 154 cm³/mol. The lowest BCUT2D eigenvalue weighted by Gasteiger charge is -2.48. The second-order valence-electron chi connectivity index (χ2n) is 14.0. The molecule has 5 N–H and O–H groups in total. The topological polar surface area (TPSA) is 107 Å². The third kappa shape index (κ3) is 7.04. The Morgan fingerprint density at radius 1 is 1.10 bits per heavy atom. The number of likely N-dealkylation sites (tertiary alicyclic amines) is 1. The smallest absolute Gasteiger partial charge is 0.223 e. The van der Waals surface area contributed by atoms with Crippen LogP contribution in [0.5, 0.6) is 0 Å². The van der Waals surface area contributed by atoms with Gasteiger partial charge in [-0.1, -0.05) is 26.2 Å². The number of carbonyl (C=O) groups excluding carboxylic acids is 1. The van der Waals surface area contributed by atoms with E-state index < -0.39 is 6.10 Å². The van der Waals surface area contributed by atoms with E-state index in [9.17, 15) is 9.90 Å². The highest BCUT2D eigenvalue weighted by Crippen LogP contribution is 2.44. The molecule has 9 unspecified atom stereocenters. The first-order valence-electron chi connectivity index (χ1n) is 16.6. The highest BCUT2D eigenvalue weighted by atomic mass is 16.5. The average Bonchev–Trinajstić information content (AvgIpc) is 3.45. The standard InChI is InChI=1S/C31H55N5O4/c1-20-26-10-12-36(16-23(26)5-8-29(20)39-18-25-15-32-19-40-25)17-24(37)14-34-31(38)22-9-11-33-30(13-22)35-28-7-6-27(28)21-3-2-4-21/h20-30,32-33,35,37H,2-19H2,1H3,(H,34,38)/t20?,22?,23?,24-,25?,26?,27?,28?,29?,30?/m0/s1. The summed E-state index contributed by atoms with van der Waals surface area (Å²) in [6.07, 6.45) is 12.3. The number of nitrogens with one attached hydrogen (secondary N) is 4. The van der Waals surface area contributed by atoms with Crippen LogP contribution >= 0.6 is 0 Å². The Balaban J connectivity index is 0.878. The number of hydrogen-bond donors (Lipinski definition) is 5. The lowest BCUT2D eigenvalue weighted by molar-refractivity contribution is -0.127. The lowest BCUT2D eigenvalue weighted by Crippen LogP contribution is -2.59. The molecule has 3 aliphatic carbocycles. The van der Waals surface area contributed by atoms with E-state index in [1.54, 1.807) is 0 Å². The van der Waals surface area contributed by atoms with E-state index in [0.29, 0.717) is 56.3 Å². The molecule has 0 radical (unpaired) electrons. The lowest BCUT2D eigenvalue weighted by atomic mass is 9.64. The minimum Gasteiger partial charge on any atom is -0.390 e. The van der Waals surface area contributed by atoms with E-state index in [4.69, 9.17) is 9.47 Å². The number of aliphatic hydroxyl groups excluding tert-OH is 1. The molecule has 3 saturated heterocycles. The molecule has 6 aliphatic rings. The van der Waals surface area contributed by atoms with Gasteiger partial charge in [-0.3, -0.25) is 15.4 Å². The summed E-state index contributed by atoms with van der Waals surface area (Å²) in [5, 5.41) is 24.6. The molecule has 1 amide bonds. The first-order chi connectivity index (χ1) is 19.5. The minimum absolute atomic E-state index is 0.0271. The van der Waals surface area contributed by atoms with Crippen LogP contribution in [-0.4, -0.2) is 99.0 Å². The number of carbonyl (C=O) groups is 1. The average molecular weight is 562 g/mol. The first-order valence-corrected chi connectivity index (χ1v) is 16.6. The molecule has 6 fully saturated rings. The molecule has 6 rings (SSSR count). The van der Waals surface area contributed by atoms with Crippen molar-refractivity contribution in [3.63, 3.8) is 0 Å². The summed E-state index contributed by atoms with van der Waals surface area (Å²) in [6, 6.07) is 0.630. The summed E-state index contributed by atoms with van der Waals surface area (Å²) in [5.41, 5.74) is 0. The first kappa shape index (κ1) is 29.3. The zero-order valence-corrected chi connectivity index (χ0v) is 24.7. The Kier molecular flexibility index (Phi) is 9.99. The van der Waals surface area contributed by atoms with Crippen LogP contribution in [0.1, 0.15) is 71.1 Å². The van der Waals surface area contributed by atoms with Crippen molar-refractivity contribution in [2.75, 3.05) is 52.6 Å². The number of fused-ring (bicyclic) bond motifs is 1. The Labute approximate surface area is 241 Å². The molecule has 0 aromatic heterocycles. The number of β-amino-alcohol motifs (C(OH)–C–C–N with tert-alkyl or cyclic N) is 1. The van der Waals surface area contributed by atoms with Gasteiger partial charge in [-0.2, -0.15) is 0 Å². The van der Waals surface area contributed by atoms with Crippen LogP contribution in [0.4, 0.5) is 0 Å². The molecule has 0 spiro atoms. The van der Waals surface area contributed by atoms with Crippen molar-refractivity contribution in [2.24, 2.45) is 35.5 Å². The molecule has 9 nitrogen and oxygen atoms in total. The van der Waals surface area contributed by atoms with Gasteiger partial charge in [0.1, 0.15) is 0 Å². The molecular formula is C31H55N5O4. The number of piperidine rings is 2. The molecule has 228 valence electrons. The summed E-state index contributed by atoms with van der Waals surface area (Å²) in [6.45, 7) is 8.53. The van der Waals surface area contributed by atoms with Gasteiger partial charge in [-0.25, -0.2) is 0 Å². The number of amides is 1. The van der Waals surface area contributed by atoms with Crippen LogP contribution in [0.25, 0.3) is 0 Å². The summed E-state index contributed by atoms with van der Waals surface area (Å²) >= 11 is 0. The maximum atomic E-state index is 13.0. The van der Waals surface area contributed by atoms with Crippen molar-refractivity contribution in [3.05, 3.63) is 0 Å². The van der Waals surface area contributed by atoms with Crippen molar-refractivity contribution in [2.45, 2.75) is 102 Å². The van der Waals surface area contributed by atoms with Gasteiger partial charge in [0.2, 0.25) is 5.91 Å². The van der Waals surface area contributed by atoms with Crippen LogP contribution < -0.4 is 21.3 Å².